The van der Waals surface area contributed by atoms with E-state index in [1.165, 1.54) is 36.9 Å². The Morgan fingerprint density at radius 3 is 3.05 bits per heavy atom. The minimum atomic E-state index is 0.637. The first-order valence-electron chi connectivity index (χ1n) is 8.15. The molecule has 1 fully saturated rings. The minimum absolute atomic E-state index is 0.637. The van der Waals surface area contributed by atoms with Crippen molar-refractivity contribution >= 4 is 10.9 Å². The van der Waals surface area contributed by atoms with Gasteiger partial charge in [0.2, 0.25) is 0 Å². The lowest BCUT2D eigenvalue weighted by Crippen LogP contribution is -2.37. The Hall–Kier alpha value is -1.45. The first-order chi connectivity index (χ1) is 10.3. The van der Waals surface area contributed by atoms with Gasteiger partial charge in [-0.2, -0.15) is 0 Å². The summed E-state index contributed by atoms with van der Waals surface area (Å²) in [6, 6.07) is 13.4. The van der Waals surface area contributed by atoms with Crippen LogP contribution in [-0.2, 0) is 6.54 Å². The van der Waals surface area contributed by atoms with Gasteiger partial charge in [-0.1, -0.05) is 37.6 Å². The molecule has 0 aliphatic carbocycles. The number of rotatable bonds is 4. The third kappa shape index (κ3) is 3.80. The number of nitrogens with zero attached hydrogens (tertiary/aromatic N) is 2. The molecule has 1 atom stereocenters. The van der Waals surface area contributed by atoms with Gasteiger partial charge in [-0.3, -0.25) is 9.88 Å². The van der Waals surface area contributed by atoms with Crippen molar-refractivity contribution in [3.8, 4) is 0 Å². The van der Waals surface area contributed by atoms with E-state index in [2.05, 4.69) is 53.5 Å². The van der Waals surface area contributed by atoms with E-state index in [-0.39, 0.29) is 0 Å². The van der Waals surface area contributed by atoms with Crippen molar-refractivity contribution in [2.45, 2.75) is 38.8 Å². The summed E-state index contributed by atoms with van der Waals surface area (Å²) < 4.78 is 0. The monoisotopic (exact) mass is 283 g/mol. The summed E-state index contributed by atoms with van der Waals surface area (Å²) in [6.45, 7) is 6.69. The van der Waals surface area contributed by atoms with Crippen LogP contribution in [0.1, 0.15) is 31.9 Å². The van der Waals surface area contributed by atoms with Crippen LogP contribution in [0.3, 0.4) is 0 Å². The second-order valence-electron chi connectivity index (χ2n) is 6.02. The van der Waals surface area contributed by atoms with Gasteiger partial charge in [0, 0.05) is 24.5 Å². The molecule has 3 rings (SSSR count). The Labute approximate surface area is 127 Å². The fourth-order valence-electron chi connectivity index (χ4n) is 3.19. The summed E-state index contributed by atoms with van der Waals surface area (Å²) in [5.74, 6) is 0. The Bertz CT molecular complexity index is 581. The van der Waals surface area contributed by atoms with E-state index in [0.717, 1.165) is 25.2 Å². The van der Waals surface area contributed by atoms with E-state index >= 15 is 0 Å². The number of aromatic nitrogens is 1. The normalized spacial score (nSPS) is 20.5. The van der Waals surface area contributed by atoms with Crippen LogP contribution in [0.5, 0.6) is 0 Å². The predicted molar refractivity (Wildman–Crippen MR) is 88.3 cm³/mol. The van der Waals surface area contributed by atoms with Gasteiger partial charge < -0.3 is 5.32 Å². The lowest BCUT2D eigenvalue weighted by Gasteiger charge is -2.23. The highest BCUT2D eigenvalue weighted by atomic mass is 15.2. The van der Waals surface area contributed by atoms with E-state index < -0.39 is 0 Å². The fourth-order valence-corrected chi connectivity index (χ4v) is 3.19. The van der Waals surface area contributed by atoms with Gasteiger partial charge in [0.1, 0.15) is 0 Å². The molecule has 1 aromatic carbocycles. The number of nitrogens with one attached hydrogen (secondary N) is 1. The van der Waals surface area contributed by atoms with E-state index in [0.29, 0.717) is 6.04 Å². The molecule has 1 N–H and O–H groups in total. The number of hydrogen-bond donors (Lipinski definition) is 1. The second-order valence-corrected chi connectivity index (χ2v) is 6.02. The topological polar surface area (TPSA) is 28.2 Å². The summed E-state index contributed by atoms with van der Waals surface area (Å²) in [7, 11) is 0. The largest absolute Gasteiger partial charge is 0.313 e. The third-order valence-electron chi connectivity index (χ3n) is 4.24. The van der Waals surface area contributed by atoms with Crippen molar-refractivity contribution in [2.24, 2.45) is 0 Å². The van der Waals surface area contributed by atoms with Crippen LogP contribution in [0.25, 0.3) is 10.9 Å². The maximum absolute atomic E-state index is 4.81. The van der Waals surface area contributed by atoms with E-state index in [9.17, 15) is 0 Å². The van der Waals surface area contributed by atoms with Crippen molar-refractivity contribution in [1.29, 1.82) is 0 Å². The molecule has 0 spiro atoms. The molecule has 0 amide bonds. The van der Waals surface area contributed by atoms with Gasteiger partial charge >= 0.3 is 0 Å². The Morgan fingerprint density at radius 1 is 1.24 bits per heavy atom. The molecular formula is C18H25N3. The van der Waals surface area contributed by atoms with Crippen LogP contribution in [0.4, 0.5) is 0 Å². The highest BCUT2D eigenvalue weighted by molar-refractivity contribution is 5.78. The van der Waals surface area contributed by atoms with Gasteiger partial charge in [-0.05, 0) is 38.1 Å². The van der Waals surface area contributed by atoms with Crippen molar-refractivity contribution in [3.05, 3.63) is 42.1 Å². The molecule has 2 aromatic rings. The quantitative estimate of drug-likeness (QED) is 0.934. The highest BCUT2D eigenvalue weighted by Crippen LogP contribution is 2.14. The number of para-hydroxylation sites is 1. The average Bonchev–Trinajstić information content (AvgIpc) is 2.73. The molecule has 2 heterocycles. The maximum Gasteiger partial charge on any atom is 0.0705 e. The lowest BCUT2D eigenvalue weighted by molar-refractivity contribution is 0.252. The third-order valence-corrected chi connectivity index (χ3v) is 4.24. The van der Waals surface area contributed by atoms with Crippen LogP contribution < -0.4 is 5.32 Å². The van der Waals surface area contributed by atoms with E-state index in [4.69, 9.17) is 4.98 Å². The fraction of sp³-hybridized carbons (Fsp3) is 0.500. The van der Waals surface area contributed by atoms with Crippen LogP contribution >= 0.6 is 0 Å². The molecule has 3 nitrogen and oxygen atoms in total. The lowest BCUT2D eigenvalue weighted by atomic mass is 10.1. The molecule has 21 heavy (non-hydrogen) atoms. The smallest absolute Gasteiger partial charge is 0.0705 e. The van der Waals surface area contributed by atoms with Crippen molar-refractivity contribution in [1.82, 2.24) is 15.2 Å². The molecule has 112 valence electrons. The molecule has 1 aliphatic heterocycles. The highest BCUT2D eigenvalue weighted by Gasteiger charge is 2.17. The van der Waals surface area contributed by atoms with E-state index in [1.807, 2.05) is 0 Å². The SMILES string of the molecule is CCCC1CN(Cc2ccc3ccccc3n2)CCCN1. The number of pyridine rings is 1. The van der Waals surface area contributed by atoms with Crippen LogP contribution in [0.2, 0.25) is 0 Å². The van der Waals surface area contributed by atoms with Crippen LogP contribution in [0.15, 0.2) is 36.4 Å². The molecular weight excluding hydrogens is 258 g/mol. The Balaban J connectivity index is 1.71. The predicted octanol–water partition coefficient (Wildman–Crippen LogP) is 3.20. The van der Waals surface area contributed by atoms with Crippen molar-refractivity contribution in [2.75, 3.05) is 19.6 Å². The molecule has 1 aromatic heterocycles. The van der Waals surface area contributed by atoms with E-state index in [1.54, 1.807) is 0 Å². The molecule has 0 saturated carbocycles. The molecule has 0 bridgehead atoms. The minimum Gasteiger partial charge on any atom is -0.313 e. The standard InChI is InChI=1S/C18H25N3/c1-2-6-16-13-21(12-5-11-19-16)14-17-10-9-15-7-3-4-8-18(15)20-17/h3-4,7-10,16,19H,2,5-6,11-14H2,1H3. The average molecular weight is 283 g/mol. The zero-order chi connectivity index (χ0) is 14.5. The molecule has 1 aliphatic rings. The summed E-state index contributed by atoms with van der Waals surface area (Å²) in [5, 5.41) is 4.89. The molecule has 1 unspecified atom stereocenters. The Kier molecular flexibility index (Phi) is 4.84. The Morgan fingerprint density at radius 2 is 2.14 bits per heavy atom. The number of fused-ring (bicyclic) bond motifs is 1. The first-order valence-corrected chi connectivity index (χ1v) is 8.15. The van der Waals surface area contributed by atoms with Gasteiger partial charge in [0.15, 0.2) is 0 Å². The maximum atomic E-state index is 4.81. The first kappa shape index (κ1) is 14.5. The number of benzene rings is 1. The zero-order valence-corrected chi connectivity index (χ0v) is 12.9. The van der Waals surface area contributed by atoms with Crippen molar-refractivity contribution < 1.29 is 0 Å². The van der Waals surface area contributed by atoms with Crippen LogP contribution in [-0.4, -0.2) is 35.6 Å². The van der Waals surface area contributed by atoms with Gasteiger partial charge in [0.25, 0.3) is 0 Å². The molecule has 3 heteroatoms. The van der Waals surface area contributed by atoms with Gasteiger partial charge in [-0.15, -0.1) is 0 Å². The summed E-state index contributed by atoms with van der Waals surface area (Å²) in [4.78, 5) is 7.36. The second kappa shape index (κ2) is 7.01. The van der Waals surface area contributed by atoms with Gasteiger partial charge in [-0.25, -0.2) is 0 Å². The number of hydrogen-bond acceptors (Lipinski definition) is 3. The zero-order valence-electron chi connectivity index (χ0n) is 12.9. The molecule has 1 saturated heterocycles. The summed E-state index contributed by atoms with van der Waals surface area (Å²) in [5.41, 5.74) is 2.29. The van der Waals surface area contributed by atoms with Crippen molar-refractivity contribution in [3.63, 3.8) is 0 Å². The summed E-state index contributed by atoms with van der Waals surface area (Å²) in [6.07, 6.45) is 3.75. The summed E-state index contributed by atoms with van der Waals surface area (Å²) >= 11 is 0. The van der Waals surface area contributed by atoms with Gasteiger partial charge in [0.05, 0.1) is 11.2 Å². The molecule has 0 radical (unpaired) electrons. The van der Waals surface area contributed by atoms with Crippen LogP contribution in [0, 0.1) is 0 Å².